The fourth-order valence-electron chi connectivity index (χ4n) is 3.88. The number of aromatic nitrogens is 3. The number of amides is 2. The first kappa shape index (κ1) is 24.4. The van der Waals surface area contributed by atoms with Gasteiger partial charge >= 0.3 is 0 Å². The van der Waals surface area contributed by atoms with Gasteiger partial charge in [0, 0.05) is 29.4 Å². The van der Waals surface area contributed by atoms with Crippen LogP contribution >= 0.6 is 0 Å². The van der Waals surface area contributed by atoms with Crippen LogP contribution in [-0.2, 0) is 6.54 Å². The van der Waals surface area contributed by atoms with E-state index in [1.165, 1.54) is 19.2 Å². The summed E-state index contributed by atoms with van der Waals surface area (Å²) >= 11 is 0. The Balaban J connectivity index is 1.29. The van der Waals surface area contributed by atoms with Gasteiger partial charge in [0.15, 0.2) is 5.65 Å². The maximum atomic E-state index is 13.0. The van der Waals surface area contributed by atoms with Gasteiger partial charge < -0.3 is 21.1 Å². The molecule has 2 amide bonds. The predicted molar refractivity (Wildman–Crippen MR) is 141 cm³/mol. The molecule has 0 spiro atoms. The second kappa shape index (κ2) is 10.4. The number of ether oxygens (including phenoxy) is 1. The molecule has 9 nitrogen and oxygen atoms in total. The Bertz CT molecular complexity index is 1630. The summed E-state index contributed by atoms with van der Waals surface area (Å²) in [6, 6.07) is 21.8. The topological polar surface area (TPSA) is 124 Å². The van der Waals surface area contributed by atoms with Crippen molar-refractivity contribution in [2.75, 3.05) is 12.4 Å². The van der Waals surface area contributed by atoms with Gasteiger partial charge in [-0.1, -0.05) is 24.3 Å². The Hall–Kier alpha value is -5.25. The summed E-state index contributed by atoms with van der Waals surface area (Å²) < 4.78 is 20.0. The maximum Gasteiger partial charge on any atom is 0.251 e. The zero-order chi connectivity index (χ0) is 26.6. The van der Waals surface area contributed by atoms with E-state index in [2.05, 4.69) is 20.7 Å². The van der Waals surface area contributed by atoms with Gasteiger partial charge in [0.05, 0.1) is 12.8 Å². The lowest BCUT2D eigenvalue weighted by Gasteiger charge is -2.09. The number of nitrogens with one attached hydrogen (secondary N) is 2. The maximum absolute atomic E-state index is 13.0. The Morgan fingerprint density at radius 2 is 1.66 bits per heavy atom. The molecule has 0 saturated carbocycles. The number of methoxy groups -OCH3 is 1. The highest BCUT2D eigenvalue weighted by Crippen LogP contribution is 2.28. The van der Waals surface area contributed by atoms with Crippen LogP contribution in [-0.4, -0.2) is 33.5 Å². The molecule has 0 aliphatic heterocycles. The van der Waals surface area contributed by atoms with Gasteiger partial charge in [-0.25, -0.2) is 8.91 Å². The van der Waals surface area contributed by atoms with Crippen LogP contribution in [0.3, 0.4) is 0 Å². The second-order valence-electron chi connectivity index (χ2n) is 8.45. The number of nitrogens with zero attached hydrogens (tertiary/aromatic N) is 3. The van der Waals surface area contributed by atoms with Crippen molar-refractivity contribution in [2.45, 2.75) is 6.54 Å². The van der Waals surface area contributed by atoms with E-state index >= 15 is 0 Å². The fraction of sp³-hybridized carbons (Fsp3) is 0.0714. The molecule has 0 radical (unpaired) electrons. The number of halogens is 1. The van der Waals surface area contributed by atoms with Crippen LogP contribution in [0.1, 0.15) is 26.3 Å². The van der Waals surface area contributed by atoms with Gasteiger partial charge in [0.2, 0.25) is 11.9 Å². The Labute approximate surface area is 217 Å². The Morgan fingerprint density at radius 3 is 2.37 bits per heavy atom. The summed E-state index contributed by atoms with van der Waals surface area (Å²) in [5, 5.41) is 10.4. The fourth-order valence-corrected chi connectivity index (χ4v) is 3.88. The molecule has 38 heavy (non-hydrogen) atoms. The van der Waals surface area contributed by atoms with Crippen molar-refractivity contribution in [3.05, 3.63) is 108 Å². The zero-order valence-corrected chi connectivity index (χ0v) is 20.3. The number of primary amides is 1. The first-order valence-electron chi connectivity index (χ1n) is 11.6. The van der Waals surface area contributed by atoms with Crippen LogP contribution in [0.5, 0.6) is 5.75 Å². The molecule has 10 heteroatoms. The van der Waals surface area contributed by atoms with Crippen LogP contribution in [0.25, 0.3) is 16.8 Å². The van der Waals surface area contributed by atoms with E-state index in [4.69, 9.17) is 10.5 Å². The largest absolute Gasteiger partial charge is 0.495 e. The Kier molecular flexibility index (Phi) is 6.68. The molecule has 5 aromatic rings. The van der Waals surface area contributed by atoms with Crippen molar-refractivity contribution in [2.24, 2.45) is 5.73 Å². The highest BCUT2D eigenvalue weighted by Gasteiger charge is 2.12. The van der Waals surface area contributed by atoms with Crippen molar-refractivity contribution in [3.63, 3.8) is 0 Å². The molecule has 0 fully saturated rings. The van der Waals surface area contributed by atoms with Gasteiger partial charge in [-0.05, 0) is 65.7 Å². The molecule has 4 N–H and O–H groups in total. The molecule has 2 aromatic heterocycles. The van der Waals surface area contributed by atoms with Crippen LogP contribution in [0.15, 0.2) is 85.1 Å². The first-order valence-corrected chi connectivity index (χ1v) is 11.6. The zero-order valence-electron chi connectivity index (χ0n) is 20.3. The summed E-state index contributed by atoms with van der Waals surface area (Å²) in [4.78, 5) is 28.4. The van der Waals surface area contributed by atoms with E-state index in [0.717, 1.165) is 16.7 Å². The van der Waals surface area contributed by atoms with Gasteiger partial charge in [-0.3, -0.25) is 9.59 Å². The predicted octanol–water partition coefficient (Wildman–Crippen LogP) is 4.32. The van der Waals surface area contributed by atoms with E-state index in [1.807, 2.05) is 30.5 Å². The van der Waals surface area contributed by atoms with E-state index in [9.17, 15) is 14.0 Å². The lowest BCUT2D eigenvalue weighted by atomic mass is 10.1. The van der Waals surface area contributed by atoms with E-state index < -0.39 is 5.91 Å². The minimum absolute atomic E-state index is 0.220. The number of fused-ring (bicyclic) bond motifs is 1. The average molecular weight is 511 g/mol. The number of hydrogen-bond donors (Lipinski definition) is 3. The van der Waals surface area contributed by atoms with E-state index in [0.29, 0.717) is 40.7 Å². The highest BCUT2D eigenvalue weighted by atomic mass is 19.1. The molecule has 0 saturated heterocycles. The molecule has 0 aliphatic rings. The number of benzene rings is 3. The van der Waals surface area contributed by atoms with Gasteiger partial charge in [0.25, 0.3) is 5.91 Å². The summed E-state index contributed by atoms with van der Waals surface area (Å²) in [6.45, 7) is 0.307. The van der Waals surface area contributed by atoms with Gasteiger partial charge in [-0.15, -0.1) is 5.10 Å². The number of anilines is 2. The molecule has 5 rings (SSSR count). The van der Waals surface area contributed by atoms with Crippen molar-refractivity contribution in [3.8, 4) is 16.9 Å². The summed E-state index contributed by atoms with van der Waals surface area (Å²) in [5.41, 5.74) is 9.99. The lowest BCUT2D eigenvalue weighted by Crippen LogP contribution is -2.22. The van der Waals surface area contributed by atoms with Crippen molar-refractivity contribution in [1.82, 2.24) is 19.9 Å². The molecule has 0 atom stereocenters. The molecule has 190 valence electrons. The number of rotatable bonds is 8. The standard InChI is InChI=1S/C28H23FN6O3/c1-38-24-14-20(26(30)36)8-12-23(24)32-28-33-25-13-9-21(16-35(25)34-28)18-4-6-19(7-5-18)27(37)31-15-17-2-10-22(29)11-3-17/h2-14,16H,15H2,1H3,(H2,30,36)(H,31,37)(H,32,34). The number of pyridine rings is 1. The second-order valence-corrected chi connectivity index (χ2v) is 8.45. The average Bonchev–Trinajstić information content (AvgIpc) is 3.34. The number of carbonyl (C=O) groups excluding carboxylic acids is 2. The third kappa shape index (κ3) is 5.29. The minimum atomic E-state index is -0.549. The molecule has 2 heterocycles. The monoisotopic (exact) mass is 510 g/mol. The van der Waals surface area contributed by atoms with Gasteiger partial charge in [-0.2, -0.15) is 4.98 Å². The SMILES string of the molecule is COc1cc(C(N)=O)ccc1Nc1nc2ccc(-c3ccc(C(=O)NCc4ccc(F)cc4)cc3)cn2n1. The molecule has 0 unspecified atom stereocenters. The lowest BCUT2D eigenvalue weighted by molar-refractivity contribution is 0.0949. The van der Waals surface area contributed by atoms with Crippen molar-refractivity contribution < 1.29 is 18.7 Å². The molecular formula is C28H23FN6O3. The van der Waals surface area contributed by atoms with Crippen LogP contribution in [0.4, 0.5) is 16.0 Å². The third-order valence-electron chi connectivity index (χ3n) is 5.91. The van der Waals surface area contributed by atoms with E-state index in [1.54, 1.807) is 47.0 Å². The summed E-state index contributed by atoms with van der Waals surface area (Å²) in [6.07, 6.45) is 1.84. The minimum Gasteiger partial charge on any atom is -0.495 e. The summed E-state index contributed by atoms with van der Waals surface area (Å²) in [7, 11) is 1.50. The molecule has 3 aromatic carbocycles. The van der Waals surface area contributed by atoms with Crippen molar-refractivity contribution in [1.29, 1.82) is 0 Å². The molecule has 0 aliphatic carbocycles. The molecule has 0 bridgehead atoms. The normalized spacial score (nSPS) is 10.8. The summed E-state index contributed by atoms with van der Waals surface area (Å²) in [5.74, 6) is -0.304. The Morgan fingerprint density at radius 1 is 0.947 bits per heavy atom. The van der Waals surface area contributed by atoms with E-state index in [-0.39, 0.29) is 11.7 Å². The molecular weight excluding hydrogens is 487 g/mol. The van der Waals surface area contributed by atoms with Crippen LogP contribution in [0.2, 0.25) is 0 Å². The number of nitrogens with two attached hydrogens (primary N) is 1. The van der Waals surface area contributed by atoms with Crippen LogP contribution < -0.4 is 21.1 Å². The van der Waals surface area contributed by atoms with Gasteiger partial charge in [0.1, 0.15) is 11.6 Å². The first-order chi connectivity index (χ1) is 18.4. The number of hydrogen-bond acceptors (Lipinski definition) is 6. The van der Waals surface area contributed by atoms with Crippen molar-refractivity contribution >= 4 is 29.1 Å². The smallest absolute Gasteiger partial charge is 0.251 e. The number of carbonyl (C=O) groups is 2. The van der Waals surface area contributed by atoms with Crippen LogP contribution in [0, 0.1) is 5.82 Å². The third-order valence-corrected chi connectivity index (χ3v) is 5.91. The highest BCUT2D eigenvalue weighted by molar-refractivity contribution is 5.95. The quantitative estimate of drug-likeness (QED) is 0.286.